The molecular weight excluding hydrogens is 338 g/mol. The first kappa shape index (κ1) is 18.5. The van der Waals surface area contributed by atoms with Crippen molar-refractivity contribution in [3.05, 3.63) is 77.9 Å². The maximum absolute atomic E-state index is 12.2. The minimum atomic E-state index is -0.222. The molecule has 0 radical (unpaired) electrons. The topological polar surface area (TPSA) is 79.8 Å². The van der Waals surface area contributed by atoms with Gasteiger partial charge >= 0.3 is 0 Å². The number of rotatable bonds is 5. The fourth-order valence-corrected chi connectivity index (χ4v) is 2.48. The average Bonchev–Trinajstić information content (AvgIpc) is 2.67. The van der Waals surface area contributed by atoms with Crippen molar-refractivity contribution in [3.63, 3.8) is 0 Å². The number of carbonyl (C=O) groups is 1. The monoisotopic (exact) mass is 361 g/mol. The molecule has 0 aliphatic heterocycles. The van der Waals surface area contributed by atoms with Gasteiger partial charge in [0.05, 0.1) is 5.56 Å². The van der Waals surface area contributed by atoms with Crippen LogP contribution >= 0.6 is 0 Å². The largest absolute Gasteiger partial charge is 0.348 e. The van der Waals surface area contributed by atoms with E-state index in [-0.39, 0.29) is 11.3 Å². The van der Waals surface area contributed by atoms with Crippen LogP contribution in [0.1, 0.15) is 42.3 Å². The molecule has 0 fully saturated rings. The van der Waals surface area contributed by atoms with Crippen LogP contribution in [0.3, 0.4) is 0 Å². The van der Waals surface area contributed by atoms with Gasteiger partial charge in [-0.15, -0.1) is 0 Å². The predicted octanol–water partition coefficient (Wildman–Crippen LogP) is 3.84. The number of pyridine rings is 1. The van der Waals surface area contributed by atoms with Gasteiger partial charge in [0.1, 0.15) is 0 Å². The summed E-state index contributed by atoms with van der Waals surface area (Å²) in [6.45, 7) is 6.94. The molecule has 2 heterocycles. The van der Waals surface area contributed by atoms with E-state index in [2.05, 4.69) is 58.5 Å². The first-order valence-corrected chi connectivity index (χ1v) is 8.78. The van der Waals surface area contributed by atoms with E-state index >= 15 is 0 Å². The number of anilines is 2. The fourth-order valence-electron chi connectivity index (χ4n) is 2.48. The molecule has 0 spiro atoms. The van der Waals surface area contributed by atoms with Crippen molar-refractivity contribution in [1.29, 1.82) is 0 Å². The highest BCUT2D eigenvalue weighted by Crippen LogP contribution is 2.24. The lowest BCUT2D eigenvalue weighted by molar-refractivity contribution is 0.0950. The highest BCUT2D eigenvalue weighted by atomic mass is 16.1. The Bertz CT molecular complexity index is 885. The summed E-state index contributed by atoms with van der Waals surface area (Å²) in [6.07, 6.45) is 6.44. The van der Waals surface area contributed by atoms with Crippen LogP contribution in [0.4, 0.5) is 11.6 Å². The van der Waals surface area contributed by atoms with E-state index in [4.69, 9.17) is 0 Å². The van der Waals surface area contributed by atoms with Crippen molar-refractivity contribution in [3.8, 4) is 0 Å². The Kier molecular flexibility index (Phi) is 5.45. The minimum Gasteiger partial charge on any atom is -0.348 e. The summed E-state index contributed by atoms with van der Waals surface area (Å²) < 4.78 is 0. The van der Waals surface area contributed by atoms with E-state index in [0.29, 0.717) is 18.1 Å². The van der Waals surface area contributed by atoms with Crippen molar-refractivity contribution in [1.82, 2.24) is 20.3 Å². The normalized spacial score (nSPS) is 11.1. The van der Waals surface area contributed by atoms with Gasteiger partial charge < -0.3 is 10.6 Å². The van der Waals surface area contributed by atoms with Gasteiger partial charge in [0, 0.05) is 37.0 Å². The second kappa shape index (κ2) is 7.95. The lowest BCUT2D eigenvalue weighted by Gasteiger charge is -2.19. The van der Waals surface area contributed by atoms with Gasteiger partial charge in [0.25, 0.3) is 5.91 Å². The van der Waals surface area contributed by atoms with Crippen molar-refractivity contribution in [2.24, 2.45) is 0 Å². The van der Waals surface area contributed by atoms with Crippen LogP contribution in [-0.2, 0) is 12.0 Å². The summed E-state index contributed by atoms with van der Waals surface area (Å²) in [6, 6.07) is 11.9. The molecule has 1 amide bonds. The standard InChI is InChI=1S/C21H23N5O/c1-21(2,3)17-6-8-18(9-7-17)26-20-24-13-16(14-25-20)19(27)23-12-15-5-4-10-22-11-15/h4-11,13-14H,12H2,1-3H3,(H,23,27)(H,24,25,26). The number of amides is 1. The summed E-state index contributed by atoms with van der Waals surface area (Å²) in [5, 5.41) is 5.97. The van der Waals surface area contributed by atoms with Gasteiger partial charge in [0.2, 0.25) is 5.95 Å². The Morgan fingerprint density at radius 3 is 2.30 bits per heavy atom. The second-order valence-electron chi connectivity index (χ2n) is 7.29. The first-order chi connectivity index (χ1) is 12.9. The molecule has 0 aliphatic rings. The van der Waals surface area contributed by atoms with Gasteiger partial charge in [0.15, 0.2) is 0 Å². The third kappa shape index (κ3) is 5.10. The Labute approximate surface area is 159 Å². The van der Waals surface area contributed by atoms with Crippen LogP contribution in [0.2, 0.25) is 0 Å². The van der Waals surface area contributed by atoms with Crippen molar-refractivity contribution in [2.75, 3.05) is 5.32 Å². The van der Waals surface area contributed by atoms with Crippen LogP contribution in [0.5, 0.6) is 0 Å². The average molecular weight is 361 g/mol. The molecule has 6 nitrogen and oxygen atoms in total. The van der Waals surface area contributed by atoms with Crippen LogP contribution in [0.25, 0.3) is 0 Å². The Morgan fingerprint density at radius 2 is 1.70 bits per heavy atom. The maximum atomic E-state index is 12.2. The Morgan fingerprint density at radius 1 is 1.00 bits per heavy atom. The van der Waals surface area contributed by atoms with E-state index in [1.165, 1.54) is 18.0 Å². The quantitative estimate of drug-likeness (QED) is 0.722. The number of benzene rings is 1. The molecule has 138 valence electrons. The molecule has 0 bridgehead atoms. The molecule has 0 saturated carbocycles. The van der Waals surface area contributed by atoms with E-state index in [1.807, 2.05) is 24.3 Å². The zero-order chi connectivity index (χ0) is 19.3. The highest BCUT2D eigenvalue weighted by molar-refractivity contribution is 5.93. The van der Waals surface area contributed by atoms with Crippen LogP contribution in [-0.4, -0.2) is 20.9 Å². The molecule has 0 aliphatic carbocycles. The molecule has 2 N–H and O–H groups in total. The third-order valence-electron chi connectivity index (χ3n) is 4.10. The van der Waals surface area contributed by atoms with Gasteiger partial charge in [-0.2, -0.15) is 0 Å². The lowest BCUT2D eigenvalue weighted by Crippen LogP contribution is -2.23. The van der Waals surface area contributed by atoms with E-state index < -0.39 is 0 Å². The van der Waals surface area contributed by atoms with Crippen LogP contribution < -0.4 is 10.6 Å². The number of aromatic nitrogens is 3. The third-order valence-corrected chi connectivity index (χ3v) is 4.10. The summed E-state index contributed by atoms with van der Waals surface area (Å²) >= 11 is 0. The van der Waals surface area contributed by atoms with Crippen molar-refractivity contribution in [2.45, 2.75) is 32.7 Å². The summed E-state index contributed by atoms with van der Waals surface area (Å²) in [5.74, 6) is 0.224. The molecule has 0 saturated heterocycles. The highest BCUT2D eigenvalue weighted by Gasteiger charge is 2.13. The summed E-state index contributed by atoms with van der Waals surface area (Å²) in [7, 11) is 0. The number of carbonyl (C=O) groups excluding carboxylic acids is 1. The SMILES string of the molecule is CC(C)(C)c1ccc(Nc2ncc(C(=O)NCc3cccnc3)cn2)cc1. The minimum absolute atomic E-state index is 0.111. The van der Waals surface area contributed by atoms with E-state index in [9.17, 15) is 4.79 Å². The first-order valence-electron chi connectivity index (χ1n) is 8.78. The predicted molar refractivity (Wildman–Crippen MR) is 106 cm³/mol. The maximum Gasteiger partial charge on any atom is 0.254 e. The van der Waals surface area contributed by atoms with Crippen LogP contribution in [0.15, 0.2) is 61.2 Å². The molecule has 1 aromatic carbocycles. The molecule has 6 heteroatoms. The van der Waals surface area contributed by atoms with E-state index in [0.717, 1.165) is 11.3 Å². The summed E-state index contributed by atoms with van der Waals surface area (Å²) in [4.78, 5) is 24.7. The number of nitrogens with one attached hydrogen (secondary N) is 2. The molecule has 2 aromatic heterocycles. The molecule has 3 aromatic rings. The fraction of sp³-hybridized carbons (Fsp3) is 0.238. The molecule has 3 rings (SSSR count). The van der Waals surface area contributed by atoms with E-state index in [1.54, 1.807) is 12.4 Å². The second-order valence-corrected chi connectivity index (χ2v) is 7.29. The number of hydrogen-bond donors (Lipinski definition) is 2. The van der Waals surface area contributed by atoms with Gasteiger partial charge in [-0.3, -0.25) is 9.78 Å². The molecule has 27 heavy (non-hydrogen) atoms. The lowest BCUT2D eigenvalue weighted by atomic mass is 9.87. The van der Waals surface area contributed by atoms with Gasteiger partial charge in [-0.25, -0.2) is 9.97 Å². The Hall–Kier alpha value is -3.28. The smallest absolute Gasteiger partial charge is 0.254 e. The van der Waals surface area contributed by atoms with Crippen LogP contribution in [0, 0.1) is 0 Å². The van der Waals surface area contributed by atoms with Crippen molar-refractivity contribution < 1.29 is 4.79 Å². The zero-order valence-electron chi connectivity index (χ0n) is 15.7. The molecule has 0 atom stereocenters. The Balaban J connectivity index is 1.59. The van der Waals surface area contributed by atoms with Gasteiger partial charge in [-0.1, -0.05) is 39.0 Å². The summed E-state index contributed by atoms with van der Waals surface area (Å²) in [5.41, 5.74) is 3.61. The number of hydrogen-bond acceptors (Lipinski definition) is 5. The molecule has 0 unspecified atom stereocenters. The van der Waals surface area contributed by atoms with Gasteiger partial charge in [-0.05, 0) is 34.7 Å². The zero-order valence-corrected chi connectivity index (χ0v) is 15.7. The number of nitrogens with zero attached hydrogens (tertiary/aromatic N) is 3. The van der Waals surface area contributed by atoms with Crippen molar-refractivity contribution >= 4 is 17.5 Å². The molecular formula is C21H23N5O.